The van der Waals surface area contributed by atoms with Crippen LogP contribution in [0.5, 0.6) is 5.75 Å². The summed E-state index contributed by atoms with van der Waals surface area (Å²) in [4.78, 5) is 19.3. The van der Waals surface area contributed by atoms with E-state index in [-0.39, 0.29) is 15.8 Å². The number of phenols is 1. The second-order valence-corrected chi connectivity index (χ2v) is 10.1. The lowest BCUT2D eigenvalue weighted by molar-refractivity contribution is 0.112. The Morgan fingerprint density at radius 3 is 2.31 bits per heavy atom. The van der Waals surface area contributed by atoms with Crippen molar-refractivity contribution < 1.29 is 9.90 Å². The van der Waals surface area contributed by atoms with Crippen LogP contribution in [0.2, 0.25) is 10.0 Å². The summed E-state index contributed by atoms with van der Waals surface area (Å²) in [5.74, 6) is 0.175. The topological polar surface area (TPSA) is 65.5 Å². The van der Waals surface area contributed by atoms with Crippen molar-refractivity contribution in [2.24, 2.45) is 0 Å². The highest BCUT2D eigenvalue weighted by Gasteiger charge is 2.30. The Balaban J connectivity index is 1.64. The molecule has 0 amide bonds. The summed E-state index contributed by atoms with van der Waals surface area (Å²) >= 11 is 12.3. The number of rotatable bonds is 7. The van der Waals surface area contributed by atoms with Crippen molar-refractivity contribution in [1.82, 2.24) is 9.88 Å². The summed E-state index contributed by atoms with van der Waals surface area (Å²) in [6.45, 7) is 0.852. The maximum atomic E-state index is 12.3. The van der Waals surface area contributed by atoms with Crippen LogP contribution in [0, 0.1) is 0 Å². The molecule has 1 fully saturated rings. The van der Waals surface area contributed by atoms with Crippen LogP contribution in [0.1, 0.15) is 40.4 Å². The predicted octanol–water partition coefficient (Wildman–Crippen LogP) is 7.41. The largest absolute Gasteiger partial charge is 0.505 e. The molecule has 178 valence electrons. The van der Waals surface area contributed by atoms with Gasteiger partial charge in [0.1, 0.15) is 0 Å². The number of carbonyl (C=O) groups excluding carboxylic acids is 1. The standard InChI is InChI=1S/C28H25Cl2N3O2/c1-33(2)14-16-3-8-20(9-4-16)31-27-21-11-18(19-12-23(29)28(35)24(30)13-19)7-10-25(21)32-26(17-5-6-17)22(27)15-34/h3-4,7-13,15,17,35H,5-6,14H2,1-2H3,(H,31,32). The van der Waals surface area contributed by atoms with Gasteiger partial charge < -0.3 is 15.3 Å². The number of nitrogens with one attached hydrogen (secondary N) is 1. The average Bonchev–Trinajstić information content (AvgIpc) is 3.68. The van der Waals surface area contributed by atoms with Crippen LogP contribution in [0.3, 0.4) is 0 Å². The average molecular weight is 506 g/mol. The molecule has 0 aliphatic heterocycles. The van der Waals surface area contributed by atoms with Crippen LogP contribution in [0.4, 0.5) is 11.4 Å². The van der Waals surface area contributed by atoms with Crippen LogP contribution >= 0.6 is 23.2 Å². The van der Waals surface area contributed by atoms with Gasteiger partial charge in [-0.05, 0) is 80.0 Å². The highest BCUT2D eigenvalue weighted by molar-refractivity contribution is 6.37. The highest BCUT2D eigenvalue weighted by Crippen LogP contribution is 2.45. The Hall–Kier alpha value is -3.12. The molecule has 0 radical (unpaired) electrons. The van der Waals surface area contributed by atoms with Crippen molar-refractivity contribution in [3.8, 4) is 16.9 Å². The molecule has 3 aromatic carbocycles. The molecule has 0 unspecified atom stereocenters. The number of aromatic hydroxyl groups is 1. The number of benzene rings is 3. The van der Waals surface area contributed by atoms with Crippen molar-refractivity contribution in [3.05, 3.63) is 81.5 Å². The lowest BCUT2D eigenvalue weighted by Gasteiger charge is -2.17. The first-order valence-corrected chi connectivity index (χ1v) is 12.2. The smallest absolute Gasteiger partial charge is 0.154 e. The lowest BCUT2D eigenvalue weighted by atomic mass is 9.98. The first kappa shape index (κ1) is 23.6. The van der Waals surface area contributed by atoms with Gasteiger partial charge in [0.25, 0.3) is 0 Å². The summed E-state index contributed by atoms with van der Waals surface area (Å²) in [6.07, 6.45) is 2.99. The number of hydrogen-bond donors (Lipinski definition) is 2. The Morgan fingerprint density at radius 1 is 1.03 bits per heavy atom. The molecule has 1 aliphatic carbocycles. The zero-order chi connectivity index (χ0) is 24.7. The first-order chi connectivity index (χ1) is 16.8. The zero-order valence-corrected chi connectivity index (χ0v) is 21.0. The minimum atomic E-state index is -0.142. The number of fused-ring (bicyclic) bond motifs is 1. The van der Waals surface area contributed by atoms with Crippen LogP contribution < -0.4 is 5.32 Å². The van der Waals surface area contributed by atoms with Gasteiger partial charge in [0.15, 0.2) is 12.0 Å². The molecule has 7 heteroatoms. The van der Waals surface area contributed by atoms with Crippen molar-refractivity contribution in [1.29, 1.82) is 0 Å². The number of pyridine rings is 1. The van der Waals surface area contributed by atoms with Crippen molar-refractivity contribution >= 4 is 51.8 Å². The van der Waals surface area contributed by atoms with E-state index in [2.05, 4.69) is 22.3 Å². The Morgan fingerprint density at radius 2 is 1.71 bits per heavy atom. The number of anilines is 2. The third-order valence-corrected chi connectivity index (χ3v) is 6.78. The van der Waals surface area contributed by atoms with E-state index in [0.717, 1.165) is 64.8 Å². The number of aldehydes is 1. The fraction of sp³-hybridized carbons (Fsp3) is 0.214. The highest BCUT2D eigenvalue weighted by atomic mass is 35.5. The molecule has 5 rings (SSSR count). The number of nitrogens with zero attached hydrogens (tertiary/aromatic N) is 2. The molecule has 1 aromatic heterocycles. The molecule has 5 nitrogen and oxygen atoms in total. The molecule has 0 bridgehead atoms. The minimum absolute atomic E-state index is 0.142. The van der Waals surface area contributed by atoms with E-state index in [1.165, 1.54) is 5.56 Å². The second-order valence-electron chi connectivity index (χ2n) is 9.26. The third kappa shape index (κ3) is 4.85. The van der Waals surface area contributed by atoms with Gasteiger partial charge in [0.2, 0.25) is 0 Å². The van der Waals surface area contributed by atoms with E-state index in [1.807, 2.05) is 44.4 Å². The van der Waals surface area contributed by atoms with Crippen molar-refractivity contribution in [3.63, 3.8) is 0 Å². The van der Waals surface area contributed by atoms with Crippen LogP contribution in [-0.2, 0) is 6.54 Å². The SMILES string of the molecule is CN(C)Cc1ccc(Nc2c(C=O)c(C3CC3)nc3ccc(-c4cc(Cl)c(O)c(Cl)c4)cc23)cc1. The monoisotopic (exact) mass is 505 g/mol. The van der Waals surface area contributed by atoms with Crippen LogP contribution in [0.25, 0.3) is 22.0 Å². The quantitative estimate of drug-likeness (QED) is 0.256. The van der Waals surface area contributed by atoms with Gasteiger partial charge in [0.05, 0.1) is 32.5 Å². The zero-order valence-electron chi connectivity index (χ0n) is 19.5. The normalized spacial score (nSPS) is 13.4. The van der Waals surface area contributed by atoms with Crippen molar-refractivity contribution in [2.45, 2.75) is 25.3 Å². The number of hydrogen-bond acceptors (Lipinski definition) is 5. The van der Waals surface area contributed by atoms with Gasteiger partial charge in [-0.3, -0.25) is 9.78 Å². The van der Waals surface area contributed by atoms with E-state index in [4.69, 9.17) is 28.2 Å². The maximum absolute atomic E-state index is 12.3. The van der Waals surface area contributed by atoms with E-state index >= 15 is 0 Å². The van der Waals surface area contributed by atoms with Gasteiger partial charge in [0, 0.05) is 23.5 Å². The molecule has 0 spiro atoms. The molecular weight excluding hydrogens is 481 g/mol. The van der Waals surface area contributed by atoms with Gasteiger partial charge in [-0.1, -0.05) is 41.4 Å². The van der Waals surface area contributed by atoms with Crippen LogP contribution in [0.15, 0.2) is 54.6 Å². The minimum Gasteiger partial charge on any atom is -0.505 e. The summed E-state index contributed by atoms with van der Waals surface area (Å²) in [7, 11) is 4.08. The van der Waals surface area contributed by atoms with Crippen LogP contribution in [-0.4, -0.2) is 35.4 Å². The molecule has 1 saturated carbocycles. The number of carbonyl (C=O) groups is 1. The summed E-state index contributed by atoms with van der Waals surface area (Å²) in [5, 5.41) is 14.6. The number of phenolic OH excluding ortho intramolecular Hbond substituents is 1. The molecule has 1 heterocycles. The summed E-state index contributed by atoms with van der Waals surface area (Å²) < 4.78 is 0. The Bertz CT molecular complexity index is 1410. The van der Waals surface area contributed by atoms with E-state index < -0.39 is 0 Å². The van der Waals surface area contributed by atoms with Gasteiger partial charge in [-0.2, -0.15) is 0 Å². The van der Waals surface area contributed by atoms with Gasteiger partial charge in [-0.25, -0.2) is 0 Å². The Labute approximate surface area is 214 Å². The fourth-order valence-corrected chi connectivity index (χ4v) is 4.82. The summed E-state index contributed by atoms with van der Waals surface area (Å²) in [5.41, 5.74) is 6.71. The molecule has 35 heavy (non-hydrogen) atoms. The van der Waals surface area contributed by atoms with Gasteiger partial charge in [-0.15, -0.1) is 0 Å². The lowest BCUT2D eigenvalue weighted by Crippen LogP contribution is -2.10. The first-order valence-electron chi connectivity index (χ1n) is 11.5. The predicted molar refractivity (Wildman–Crippen MR) is 143 cm³/mol. The maximum Gasteiger partial charge on any atom is 0.154 e. The third-order valence-electron chi connectivity index (χ3n) is 6.21. The molecule has 2 N–H and O–H groups in total. The van der Waals surface area contributed by atoms with E-state index in [9.17, 15) is 9.90 Å². The molecule has 0 atom stereocenters. The van der Waals surface area contributed by atoms with Gasteiger partial charge >= 0.3 is 0 Å². The van der Waals surface area contributed by atoms with E-state index in [1.54, 1.807) is 12.1 Å². The molecular formula is C28H25Cl2N3O2. The molecule has 1 aliphatic rings. The summed E-state index contributed by atoms with van der Waals surface area (Å²) in [6, 6.07) is 17.4. The number of aromatic nitrogens is 1. The van der Waals surface area contributed by atoms with E-state index in [0.29, 0.717) is 11.5 Å². The molecule has 4 aromatic rings. The number of halogens is 2. The van der Waals surface area contributed by atoms with Crippen molar-refractivity contribution in [2.75, 3.05) is 19.4 Å². The fourth-order valence-electron chi connectivity index (χ4n) is 4.33. The molecule has 0 saturated heterocycles. The Kier molecular flexibility index (Phi) is 6.41. The second kappa shape index (κ2) is 9.50.